The lowest BCUT2D eigenvalue weighted by molar-refractivity contribution is 0.657. The second-order valence-corrected chi connectivity index (χ2v) is 6.75. The number of halogens is 1. The summed E-state index contributed by atoms with van der Waals surface area (Å²) in [5.74, 6) is 6.76. The number of hydrogen-bond donors (Lipinski definition) is 0. The Kier molecular flexibility index (Phi) is 5.26. The fourth-order valence-corrected chi connectivity index (χ4v) is 2.38. The van der Waals surface area contributed by atoms with Crippen molar-refractivity contribution in [2.75, 3.05) is 0 Å². The quantitative estimate of drug-likeness (QED) is 0.584. The molecule has 1 aliphatic rings. The van der Waals surface area contributed by atoms with Gasteiger partial charge in [-0.3, -0.25) is 0 Å². The van der Waals surface area contributed by atoms with Crippen LogP contribution >= 0.6 is 15.9 Å². The molecule has 0 saturated heterocycles. The van der Waals surface area contributed by atoms with Crippen molar-refractivity contribution in [3.63, 3.8) is 0 Å². The summed E-state index contributed by atoms with van der Waals surface area (Å²) in [4.78, 5) is 0. The molecule has 0 N–H and O–H groups in total. The van der Waals surface area contributed by atoms with Crippen molar-refractivity contribution >= 4 is 22.0 Å². The molecule has 20 heavy (non-hydrogen) atoms. The van der Waals surface area contributed by atoms with Gasteiger partial charge in [0.1, 0.15) is 0 Å². The molecule has 0 amide bonds. The molecular formula is C19H21Br. The Morgan fingerprint density at radius 2 is 1.90 bits per heavy atom. The zero-order valence-electron chi connectivity index (χ0n) is 12.2. The molecule has 0 bridgehead atoms. The fraction of sp³-hybridized carbons (Fsp3) is 0.368. The summed E-state index contributed by atoms with van der Waals surface area (Å²) in [5, 5.41) is 0. The smallest absolute Gasteiger partial charge is 0.0444 e. The number of rotatable bonds is 2. The number of allylic oxidation sites excluding steroid dienone is 3. The molecule has 0 aliphatic heterocycles. The topological polar surface area (TPSA) is 0 Å². The molecule has 0 aromatic heterocycles. The summed E-state index contributed by atoms with van der Waals surface area (Å²) in [6.45, 7) is 4.33. The molecule has 0 saturated carbocycles. The maximum absolute atomic E-state index is 3.45. The van der Waals surface area contributed by atoms with Crippen LogP contribution in [0.2, 0.25) is 0 Å². The molecular weight excluding hydrogens is 308 g/mol. The highest BCUT2D eigenvalue weighted by Crippen LogP contribution is 2.21. The van der Waals surface area contributed by atoms with Crippen molar-refractivity contribution < 1.29 is 0 Å². The maximum Gasteiger partial charge on any atom is 0.0444 e. The third-order valence-electron chi connectivity index (χ3n) is 3.40. The minimum atomic E-state index is -0.0919. The SMILES string of the molecule is CC(C)(C#CC1=CCCCC1)/C=C/c1ccc(Br)cc1. The Labute approximate surface area is 131 Å². The van der Waals surface area contributed by atoms with E-state index in [0.29, 0.717) is 0 Å². The van der Waals surface area contributed by atoms with Crippen LogP contribution in [0.1, 0.15) is 45.1 Å². The molecule has 0 spiro atoms. The van der Waals surface area contributed by atoms with Crippen molar-refractivity contribution in [3.05, 3.63) is 52.0 Å². The van der Waals surface area contributed by atoms with Gasteiger partial charge in [0.2, 0.25) is 0 Å². The molecule has 0 nitrogen and oxygen atoms in total. The molecule has 0 heterocycles. The van der Waals surface area contributed by atoms with Gasteiger partial charge in [-0.05, 0) is 62.8 Å². The molecule has 2 rings (SSSR count). The highest BCUT2D eigenvalue weighted by atomic mass is 79.9. The second-order valence-electron chi connectivity index (χ2n) is 5.83. The molecule has 1 aliphatic carbocycles. The van der Waals surface area contributed by atoms with Gasteiger partial charge in [0.25, 0.3) is 0 Å². The van der Waals surface area contributed by atoms with E-state index >= 15 is 0 Å². The Bertz CT molecular complexity index is 562. The van der Waals surface area contributed by atoms with Gasteiger partial charge in [-0.15, -0.1) is 0 Å². The van der Waals surface area contributed by atoms with Crippen LogP contribution in [-0.4, -0.2) is 0 Å². The van der Waals surface area contributed by atoms with E-state index in [9.17, 15) is 0 Å². The van der Waals surface area contributed by atoms with Gasteiger partial charge in [-0.25, -0.2) is 0 Å². The van der Waals surface area contributed by atoms with E-state index in [1.54, 1.807) is 0 Å². The summed E-state index contributed by atoms with van der Waals surface area (Å²) in [5.41, 5.74) is 2.44. The largest absolute Gasteiger partial charge is 0.0878 e. The molecule has 1 aromatic rings. The number of benzene rings is 1. The van der Waals surface area contributed by atoms with Crippen LogP contribution < -0.4 is 0 Å². The highest BCUT2D eigenvalue weighted by molar-refractivity contribution is 9.10. The summed E-state index contributed by atoms with van der Waals surface area (Å²) in [7, 11) is 0. The Balaban J connectivity index is 2.05. The lowest BCUT2D eigenvalue weighted by Gasteiger charge is -2.12. The van der Waals surface area contributed by atoms with Crippen molar-refractivity contribution in [2.24, 2.45) is 5.41 Å². The van der Waals surface area contributed by atoms with Crippen LogP contribution in [0.3, 0.4) is 0 Å². The van der Waals surface area contributed by atoms with Crippen molar-refractivity contribution in [1.29, 1.82) is 0 Å². The number of hydrogen-bond acceptors (Lipinski definition) is 0. The van der Waals surface area contributed by atoms with Gasteiger partial charge >= 0.3 is 0 Å². The third-order valence-corrected chi connectivity index (χ3v) is 3.93. The lowest BCUT2D eigenvalue weighted by atomic mass is 9.91. The monoisotopic (exact) mass is 328 g/mol. The van der Waals surface area contributed by atoms with Gasteiger partial charge in [-0.2, -0.15) is 0 Å². The zero-order valence-corrected chi connectivity index (χ0v) is 13.8. The van der Waals surface area contributed by atoms with E-state index in [-0.39, 0.29) is 5.41 Å². The first-order valence-corrected chi connectivity index (χ1v) is 8.01. The van der Waals surface area contributed by atoms with Gasteiger partial charge in [0, 0.05) is 9.89 Å². The average molecular weight is 329 g/mol. The zero-order chi connectivity index (χ0) is 14.4. The van der Waals surface area contributed by atoms with E-state index in [1.807, 2.05) is 0 Å². The van der Waals surface area contributed by atoms with Gasteiger partial charge in [0.05, 0.1) is 0 Å². The summed E-state index contributed by atoms with van der Waals surface area (Å²) < 4.78 is 1.11. The van der Waals surface area contributed by atoms with Crippen LogP contribution in [0.4, 0.5) is 0 Å². The van der Waals surface area contributed by atoms with Crippen molar-refractivity contribution in [3.8, 4) is 11.8 Å². The summed E-state index contributed by atoms with van der Waals surface area (Å²) in [6, 6.07) is 8.33. The molecule has 1 aromatic carbocycles. The Hall–Kier alpha value is -1.26. The first kappa shape index (κ1) is 15.1. The fourth-order valence-electron chi connectivity index (χ4n) is 2.11. The predicted octanol–water partition coefficient (Wildman–Crippen LogP) is 5.99. The first-order chi connectivity index (χ1) is 9.55. The van der Waals surface area contributed by atoms with Crippen LogP contribution in [0.15, 0.2) is 46.5 Å². The molecule has 0 unspecified atom stereocenters. The summed E-state index contributed by atoms with van der Waals surface area (Å²) in [6.07, 6.45) is 11.6. The third kappa shape index (κ3) is 5.02. The van der Waals surface area contributed by atoms with Crippen molar-refractivity contribution in [1.82, 2.24) is 0 Å². The average Bonchev–Trinajstić information content (AvgIpc) is 2.46. The highest BCUT2D eigenvalue weighted by Gasteiger charge is 2.09. The Morgan fingerprint density at radius 1 is 1.15 bits per heavy atom. The molecule has 1 heteroatoms. The van der Waals surface area contributed by atoms with E-state index in [1.165, 1.54) is 30.4 Å². The van der Waals surface area contributed by atoms with E-state index in [4.69, 9.17) is 0 Å². The van der Waals surface area contributed by atoms with Gasteiger partial charge in [-0.1, -0.05) is 58.1 Å². The Morgan fingerprint density at radius 3 is 2.55 bits per heavy atom. The minimum Gasteiger partial charge on any atom is -0.0878 e. The first-order valence-electron chi connectivity index (χ1n) is 7.22. The molecule has 0 fully saturated rings. The van der Waals surface area contributed by atoms with Crippen LogP contribution in [0.25, 0.3) is 6.08 Å². The summed E-state index contributed by atoms with van der Waals surface area (Å²) >= 11 is 3.45. The lowest BCUT2D eigenvalue weighted by Crippen LogP contribution is -2.03. The van der Waals surface area contributed by atoms with Crippen LogP contribution in [-0.2, 0) is 0 Å². The second kappa shape index (κ2) is 6.95. The van der Waals surface area contributed by atoms with Crippen LogP contribution in [0.5, 0.6) is 0 Å². The van der Waals surface area contributed by atoms with Crippen molar-refractivity contribution in [2.45, 2.75) is 39.5 Å². The standard InChI is InChI=1S/C19H21Br/c1-19(2,14-12-16-6-4-3-5-7-16)15-13-17-8-10-18(20)11-9-17/h6,8-11,13,15H,3-5,7H2,1-2H3/b15-13+. The van der Waals surface area contributed by atoms with Gasteiger partial charge < -0.3 is 0 Å². The molecule has 0 atom stereocenters. The molecule has 0 radical (unpaired) electrons. The molecule has 104 valence electrons. The maximum atomic E-state index is 3.45. The van der Waals surface area contributed by atoms with E-state index in [2.05, 4.69) is 84.1 Å². The predicted molar refractivity (Wildman–Crippen MR) is 91.3 cm³/mol. The van der Waals surface area contributed by atoms with E-state index < -0.39 is 0 Å². The van der Waals surface area contributed by atoms with Gasteiger partial charge in [0.15, 0.2) is 0 Å². The van der Waals surface area contributed by atoms with E-state index in [0.717, 1.165) is 10.9 Å². The minimum absolute atomic E-state index is 0.0919. The normalized spacial score (nSPS) is 15.7. The van der Waals surface area contributed by atoms with Crippen LogP contribution in [0, 0.1) is 17.3 Å².